The van der Waals surface area contributed by atoms with E-state index in [1.54, 1.807) is 24.3 Å². The largest absolute Gasteiger partial charge is 0.326 e. The van der Waals surface area contributed by atoms with Crippen molar-refractivity contribution in [3.8, 4) is 0 Å². The fourth-order valence-electron chi connectivity index (χ4n) is 3.05. The number of hydrogen-bond acceptors (Lipinski definition) is 4. The summed E-state index contributed by atoms with van der Waals surface area (Å²) < 4.78 is 0. The molecule has 1 aromatic rings. The number of carbonyl (C=O) groups is 2. The molecule has 2 amide bonds. The first-order chi connectivity index (χ1) is 11.5. The maximum Gasteiger partial charge on any atom is 0.238 e. The Kier molecular flexibility index (Phi) is 6.75. The highest BCUT2D eigenvalue weighted by atomic mass is 16.2. The molecule has 1 heterocycles. The molecule has 6 nitrogen and oxygen atoms in total. The number of benzene rings is 1. The quantitative estimate of drug-likeness (QED) is 0.866. The Morgan fingerprint density at radius 1 is 1.12 bits per heavy atom. The Balaban J connectivity index is 1.87. The number of amides is 2. The lowest BCUT2D eigenvalue weighted by atomic mass is 10.2. The lowest BCUT2D eigenvalue weighted by molar-refractivity contribution is -0.118. The number of rotatable bonds is 5. The second-order valence-electron chi connectivity index (χ2n) is 6.37. The average molecular weight is 332 g/mol. The van der Waals surface area contributed by atoms with E-state index in [-0.39, 0.29) is 11.8 Å². The molecule has 24 heavy (non-hydrogen) atoms. The molecule has 2 N–H and O–H groups in total. The summed E-state index contributed by atoms with van der Waals surface area (Å²) in [5.41, 5.74) is 1.47. The summed E-state index contributed by atoms with van der Waals surface area (Å²) in [7, 11) is 0. The fraction of sp³-hybridized carbons (Fsp3) is 0.556. The van der Waals surface area contributed by atoms with E-state index in [2.05, 4.69) is 34.3 Å². The standard InChI is InChI=1S/C18H28N4O2/c1-4-21-10-5-11-22(14(2)12-21)13-18(24)20-17-8-6-16(7-9-17)19-15(3)23/h6-9,14H,4-5,10-13H2,1-3H3,(H,19,23)(H,20,24)/t14-/m0/s1. The Morgan fingerprint density at radius 3 is 2.33 bits per heavy atom. The van der Waals surface area contributed by atoms with Crippen molar-refractivity contribution in [2.45, 2.75) is 33.2 Å². The van der Waals surface area contributed by atoms with Gasteiger partial charge in [-0.15, -0.1) is 0 Å². The average Bonchev–Trinajstić information content (AvgIpc) is 2.70. The molecule has 1 aromatic carbocycles. The number of carbonyl (C=O) groups excluding carboxylic acids is 2. The predicted octanol–water partition coefficient (Wildman–Crippen LogP) is 2.00. The zero-order valence-corrected chi connectivity index (χ0v) is 14.8. The maximum atomic E-state index is 12.3. The first-order valence-corrected chi connectivity index (χ1v) is 8.62. The molecule has 6 heteroatoms. The zero-order valence-electron chi connectivity index (χ0n) is 14.8. The molecular formula is C18H28N4O2. The minimum atomic E-state index is -0.108. The van der Waals surface area contributed by atoms with Gasteiger partial charge >= 0.3 is 0 Å². The molecule has 0 bridgehead atoms. The van der Waals surface area contributed by atoms with E-state index in [9.17, 15) is 9.59 Å². The van der Waals surface area contributed by atoms with Crippen LogP contribution < -0.4 is 10.6 Å². The van der Waals surface area contributed by atoms with Gasteiger partial charge in [-0.3, -0.25) is 14.5 Å². The highest BCUT2D eigenvalue weighted by Gasteiger charge is 2.22. The summed E-state index contributed by atoms with van der Waals surface area (Å²) in [5, 5.41) is 5.64. The second-order valence-corrected chi connectivity index (χ2v) is 6.37. The van der Waals surface area contributed by atoms with Gasteiger partial charge in [-0.1, -0.05) is 6.92 Å². The minimum absolute atomic E-state index is 0.000856. The van der Waals surface area contributed by atoms with E-state index in [0.717, 1.165) is 44.0 Å². The van der Waals surface area contributed by atoms with Gasteiger partial charge in [0.2, 0.25) is 11.8 Å². The molecule has 0 aliphatic carbocycles. The smallest absolute Gasteiger partial charge is 0.238 e. The zero-order chi connectivity index (χ0) is 17.5. The van der Waals surface area contributed by atoms with Crippen molar-refractivity contribution < 1.29 is 9.59 Å². The SMILES string of the molecule is CCN1CCCN(CC(=O)Nc2ccc(NC(C)=O)cc2)[C@@H](C)C1. The van der Waals surface area contributed by atoms with Gasteiger partial charge in [0.05, 0.1) is 6.54 Å². The molecule has 2 rings (SSSR count). The van der Waals surface area contributed by atoms with Crippen molar-refractivity contribution in [3.63, 3.8) is 0 Å². The van der Waals surface area contributed by atoms with Crippen molar-refractivity contribution in [2.24, 2.45) is 0 Å². The van der Waals surface area contributed by atoms with Crippen LogP contribution in [0.2, 0.25) is 0 Å². The van der Waals surface area contributed by atoms with Crippen LogP contribution in [0.25, 0.3) is 0 Å². The van der Waals surface area contributed by atoms with Crippen LogP contribution in [-0.2, 0) is 9.59 Å². The van der Waals surface area contributed by atoms with Crippen molar-refractivity contribution in [3.05, 3.63) is 24.3 Å². The second kappa shape index (κ2) is 8.80. The van der Waals surface area contributed by atoms with Crippen LogP contribution in [0.3, 0.4) is 0 Å². The van der Waals surface area contributed by atoms with Gasteiger partial charge in [0.1, 0.15) is 0 Å². The molecule has 1 fully saturated rings. The number of nitrogens with one attached hydrogen (secondary N) is 2. The van der Waals surface area contributed by atoms with Crippen LogP contribution >= 0.6 is 0 Å². The Bertz CT molecular complexity index is 559. The van der Waals surface area contributed by atoms with Crippen LogP contribution in [0.15, 0.2) is 24.3 Å². The summed E-state index contributed by atoms with van der Waals surface area (Å²) in [6, 6.07) is 7.54. The number of nitrogens with zero attached hydrogens (tertiary/aromatic N) is 2. The summed E-state index contributed by atoms with van der Waals surface area (Å²) in [5.74, 6) is -0.109. The van der Waals surface area contributed by atoms with Crippen molar-refractivity contribution in [2.75, 3.05) is 43.4 Å². The summed E-state index contributed by atoms with van der Waals surface area (Å²) >= 11 is 0. The number of hydrogen-bond donors (Lipinski definition) is 2. The normalized spacial score (nSPS) is 19.5. The first kappa shape index (κ1) is 18.4. The van der Waals surface area contributed by atoms with Gasteiger partial charge < -0.3 is 15.5 Å². The lowest BCUT2D eigenvalue weighted by Crippen LogP contribution is -2.42. The fourth-order valence-corrected chi connectivity index (χ4v) is 3.05. The van der Waals surface area contributed by atoms with Crippen molar-refractivity contribution >= 4 is 23.2 Å². The number of likely N-dealkylation sites (N-methyl/N-ethyl adjacent to an activating group) is 1. The van der Waals surface area contributed by atoms with E-state index >= 15 is 0 Å². The third-order valence-corrected chi connectivity index (χ3v) is 4.35. The van der Waals surface area contributed by atoms with E-state index < -0.39 is 0 Å². The van der Waals surface area contributed by atoms with Crippen molar-refractivity contribution in [1.29, 1.82) is 0 Å². The third kappa shape index (κ3) is 5.62. The van der Waals surface area contributed by atoms with Crippen LogP contribution in [0.1, 0.15) is 27.2 Å². The molecule has 1 aliphatic rings. The summed E-state index contributed by atoms with van der Waals surface area (Å²) in [4.78, 5) is 28.0. The molecular weight excluding hydrogens is 304 g/mol. The highest BCUT2D eigenvalue weighted by molar-refractivity contribution is 5.93. The maximum absolute atomic E-state index is 12.3. The summed E-state index contributed by atoms with van der Waals surface area (Å²) in [6.07, 6.45) is 1.09. The van der Waals surface area contributed by atoms with E-state index in [1.807, 2.05) is 0 Å². The van der Waals surface area contributed by atoms with Gasteiger partial charge in [-0.25, -0.2) is 0 Å². The van der Waals surface area contributed by atoms with Gasteiger partial charge in [0, 0.05) is 37.4 Å². The summed E-state index contributed by atoms with van der Waals surface area (Å²) in [6.45, 7) is 10.4. The molecule has 132 valence electrons. The molecule has 1 saturated heterocycles. The van der Waals surface area contributed by atoms with Crippen LogP contribution in [0.5, 0.6) is 0 Å². The van der Waals surface area contributed by atoms with Gasteiger partial charge in [0.15, 0.2) is 0 Å². The van der Waals surface area contributed by atoms with Gasteiger partial charge in [-0.2, -0.15) is 0 Å². The molecule has 0 spiro atoms. The van der Waals surface area contributed by atoms with Crippen LogP contribution in [0, 0.1) is 0 Å². The van der Waals surface area contributed by atoms with Gasteiger partial charge in [-0.05, 0) is 50.7 Å². The highest BCUT2D eigenvalue weighted by Crippen LogP contribution is 2.14. The molecule has 1 aliphatic heterocycles. The Hall–Kier alpha value is -1.92. The Labute approximate surface area is 144 Å². The minimum Gasteiger partial charge on any atom is -0.326 e. The molecule has 0 saturated carbocycles. The lowest BCUT2D eigenvalue weighted by Gasteiger charge is -2.27. The van der Waals surface area contributed by atoms with Crippen molar-refractivity contribution in [1.82, 2.24) is 9.80 Å². The topological polar surface area (TPSA) is 64.7 Å². The predicted molar refractivity (Wildman–Crippen MR) is 97.1 cm³/mol. The molecule has 0 unspecified atom stereocenters. The van der Waals surface area contributed by atoms with E-state index in [0.29, 0.717) is 12.6 Å². The molecule has 1 atom stereocenters. The first-order valence-electron chi connectivity index (χ1n) is 8.62. The molecule has 0 radical (unpaired) electrons. The Morgan fingerprint density at radius 2 is 1.75 bits per heavy atom. The van der Waals surface area contributed by atoms with E-state index in [1.165, 1.54) is 6.92 Å². The van der Waals surface area contributed by atoms with Crippen LogP contribution in [-0.4, -0.2) is 60.4 Å². The van der Waals surface area contributed by atoms with E-state index in [4.69, 9.17) is 0 Å². The monoisotopic (exact) mass is 332 g/mol. The number of anilines is 2. The van der Waals surface area contributed by atoms with Gasteiger partial charge in [0.25, 0.3) is 0 Å². The molecule has 0 aromatic heterocycles. The van der Waals surface area contributed by atoms with Crippen LogP contribution in [0.4, 0.5) is 11.4 Å². The third-order valence-electron chi connectivity index (χ3n) is 4.35.